The second-order valence-corrected chi connectivity index (χ2v) is 16.4. The Morgan fingerprint density at radius 3 is 2.08 bits per heavy atom. The Hall–Kier alpha value is -2.97. The molecule has 0 saturated heterocycles. The Balaban J connectivity index is 2.09. The molecular formula is C29H41NO6Si. The van der Waals surface area contributed by atoms with E-state index in [9.17, 15) is 19.5 Å². The van der Waals surface area contributed by atoms with Gasteiger partial charge < -0.3 is 19.9 Å². The van der Waals surface area contributed by atoms with Crippen molar-refractivity contribution in [2.24, 2.45) is 0 Å². The Kier molecular flexibility index (Phi) is 10.6. The lowest BCUT2D eigenvalue weighted by Crippen LogP contribution is -2.37. The Labute approximate surface area is 221 Å². The molecule has 0 aliphatic carbocycles. The van der Waals surface area contributed by atoms with Crippen molar-refractivity contribution in [3.63, 3.8) is 0 Å². The van der Waals surface area contributed by atoms with Gasteiger partial charge in [-0.25, -0.2) is 0 Å². The number of nitrogens with one attached hydrogen (secondary N) is 1. The second-order valence-electron chi connectivity index (χ2n) is 11.3. The van der Waals surface area contributed by atoms with Crippen molar-refractivity contribution in [1.82, 2.24) is 5.32 Å². The van der Waals surface area contributed by atoms with Crippen molar-refractivity contribution < 1.29 is 29.0 Å². The zero-order chi connectivity index (χ0) is 27.8. The van der Waals surface area contributed by atoms with Crippen LogP contribution >= 0.6 is 0 Å². The van der Waals surface area contributed by atoms with Crippen molar-refractivity contribution in [1.29, 1.82) is 0 Å². The van der Waals surface area contributed by atoms with Crippen LogP contribution in [-0.4, -0.2) is 49.7 Å². The molecule has 7 nitrogen and oxygen atoms in total. The third-order valence-electron chi connectivity index (χ3n) is 5.80. The number of ketones is 1. The van der Waals surface area contributed by atoms with E-state index < -0.39 is 37.7 Å². The Morgan fingerprint density at radius 1 is 0.973 bits per heavy atom. The lowest BCUT2D eigenvalue weighted by atomic mass is 9.97. The summed E-state index contributed by atoms with van der Waals surface area (Å²) in [6.07, 6.45) is -1.02. The van der Waals surface area contributed by atoms with Gasteiger partial charge in [0.05, 0.1) is 27.7 Å². The number of amides is 1. The number of rotatable bonds is 12. The fourth-order valence-electron chi connectivity index (χ4n) is 3.78. The molecule has 2 rings (SSSR count). The molecule has 37 heavy (non-hydrogen) atoms. The zero-order valence-electron chi connectivity index (χ0n) is 23.1. The van der Waals surface area contributed by atoms with Crippen LogP contribution in [0.1, 0.15) is 57.2 Å². The smallest absolute Gasteiger partial charge is 0.306 e. The van der Waals surface area contributed by atoms with Gasteiger partial charge in [0.15, 0.2) is 5.78 Å². The van der Waals surface area contributed by atoms with Gasteiger partial charge in [-0.15, -0.1) is 0 Å². The molecule has 2 aromatic rings. The topological polar surface area (TPSA) is 102 Å². The van der Waals surface area contributed by atoms with Crippen LogP contribution in [0.5, 0.6) is 5.75 Å². The Bertz CT molecular complexity index is 1050. The van der Waals surface area contributed by atoms with Crippen LogP contribution < -0.4 is 15.2 Å². The second kappa shape index (κ2) is 13.0. The minimum absolute atomic E-state index is 0.0000259. The van der Waals surface area contributed by atoms with E-state index in [1.807, 2.05) is 12.1 Å². The van der Waals surface area contributed by atoms with Gasteiger partial charge in [0, 0.05) is 12.8 Å². The summed E-state index contributed by atoms with van der Waals surface area (Å²) in [4.78, 5) is 38.1. The minimum atomic E-state index is -1.45. The highest BCUT2D eigenvalue weighted by Gasteiger charge is 2.25. The van der Waals surface area contributed by atoms with E-state index in [0.29, 0.717) is 11.3 Å². The Morgan fingerprint density at radius 2 is 1.57 bits per heavy atom. The monoisotopic (exact) mass is 527 g/mol. The number of benzene rings is 2. The molecule has 0 saturated carbocycles. The summed E-state index contributed by atoms with van der Waals surface area (Å²) in [7, 11) is 0.108. The highest BCUT2D eigenvalue weighted by Crippen LogP contribution is 2.21. The predicted molar refractivity (Wildman–Crippen MR) is 148 cm³/mol. The molecule has 0 spiro atoms. The maximum absolute atomic E-state index is 13.4. The summed E-state index contributed by atoms with van der Waals surface area (Å²) in [6, 6.07) is 14.2. The molecule has 202 valence electrons. The number of Topliss-reactive ketones (excluding diaryl/α,β-unsaturated/α-hetero) is 1. The van der Waals surface area contributed by atoms with E-state index in [-0.39, 0.29) is 31.5 Å². The van der Waals surface area contributed by atoms with E-state index in [0.717, 1.165) is 5.56 Å². The molecule has 0 aromatic heterocycles. The standard InChI is InChI=1S/C29H41NO6Si/c1-29(2,3)36-27(34)17-12-22(31)19-26(33)30-28(21-10-13-23(35-4)14-11-21)25(32)18-20-8-15-24(16-9-20)37(5,6)7/h8-11,13-16,22,28,31H,12,17-19H2,1-7H3,(H,30,33). The normalized spacial score (nSPS) is 13.4. The van der Waals surface area contributed by atoms with Crippen molar-refractivity contribution in [2.45, 2.75) is 83.8 Å². The van der Waals surface area contributed by atoms with Crippen molar-refractivity contribution in [3.05, 3.63) is 59.7 Å². The fourth-order valence-corrected chi connectivity index (χ4v) is 4.95. The van der Waals surface area contributed by atoms with Crippen molar-refractivity contribution in [3.8, 4) is 5.75 Å². The van der Waals surface area contributed by atoms with E-state index in [1.165, 1.54) is 5.19 Å². The molecule has 2 aromatic carbocycles. The van der Waals surface area contributed by atoms with Crippen molar-refractivity contribution >= 4 is 30.9 Å². The number of hydrogen-bond acceptors (Lipinski definition) is 6. The molecule has 2 N–H and O–H groups in total. The van der Waals surface area contributed by atoms with Gasteiger partial charge in [-0.2, -0.15) is 0 Å². The molecule has 0 bridgehead atoms. The van der Waals surface area contributed by atoms with Crippen molar-refractivity contribution in [2.75, 3.05) is 7.11 Å². The maximum atomic E-state index is 13.4. The quantitative estimate of drug-likeness (QED) is 0.319. The average molecular weight is 528 g/mol. The first-order valence-electron chi connectivity index (χ1n) is 12.6. The first kappa shape index (κ1) is 30.3. The van der Waals surface area contributed by atoms with Gasteiger partial charge in [-0.1, -0.05) is 61.2 Å². The maximum Gasteiger partial charge on any atom is 0.306 e. The molecular weight excluding hydrogens is 486 g/mol. The van der Waals surface area contributed by atoms with Crippen LogP contribution in [0.25, 0.3) is 0 Å². The summed E-state index contributed by atoms with van der Waals surface area (Å²) >= 11 is 0. The molecule has 0 aliphatic rings. The van der Waals surface area contributed by atoms with E-state index in [4.69, 9.17) is 9.47 Å². The summed E-state index contributed by atoms with van der Waals surface area (Å²) < 4.78 is 10.5. The summed E-state index contributed by atoms with van der Waals surface area (Å²) in [5.41, 5.74) is 0.888. The largest absolute Gasteiger partial charge is 0.497 e. The molecule has 2 unspecified atom stereocenters. The highest BCUT2D eigenvalue weighted by atomic mass is 28.3. The molecule has 0 fully saturated rings. The number of ether oxygens (including phenoxy) is 2. The molecule has 0 aliphatic heterocycles. The van der Waals surface area contributed by atoms with Gasteiger partial charge in [-0.05, 0) is 50.5 Å². The van der Waals surface area contributed by atoms with Crippen LogP contribution in [0.3, 0.4) is 0 Å². The number of aliphatic hydroxyl groups excluding tert-OH is 1. The first-order valence-corrected chi connectivity index (χ1v) is 16.1. The van der Waals surface area contributed by atoms with Crippen LogP contribution in [0.4, 0.5) is 0 Å². The third-order valence-corrected chi connectivity index (χ3v) is 7.86. The van der Waals surface area contributed by atoms with Gasteiger partial charge in [-0.3, -0.25) is 14.4 Å². The van der Waals surface area contributed by atoms with Gasteiger partial charge in [0.25, 0.3) is 0 Å². The van der Waals surface area contributed by atoms with Crippen LogP contribution in [0, 0.1) is 0 Å². The number of carbonyl (C=O) groups excluding carboxylic acids is 3. The van der Waals surface area contributed by atoms with E-state index in [2.05, 4.69) is 37.1 Å². The summed E-state index contributed by atoms with van der Waals surface area (Å²) in [6.45, 7) is 12.1. The van der Waals surface area contributed by atoms with Crippen LogP contribution in [0.2, 0.25) is 19.6 Å². The molecule has 1 amide bonds. The molecule has 8 heteroatoms. The van der Waals surface area contributed by atoms with E-state index in [1.54, 1.807) is 52.1 Å². The minimum Gasteiger partial charge on any atom is -0.497 e. The van der Waals surface area contributed by atoms with Gasteiger partial charge in [0.1, 0.15) is 17.4 Å². The first-order chi connectivity index (χ1) is 17.2. The highest BCUT2D eigenvalue weighted by molar-refractivity contribution is 6.88. The van der Waals surface area contributed by atoms with Crippen LogP contribution in [-0.2, 0) is 25.5 Å². The van der Waals surface area contributed by atoms with Gasteiger partial charge in [0.2, 0.25) is 5.91 Å². The SMILES string of the molecule is COc1ccc(C(NC(=O)CC(O)CCC(=O)OC(C)(C)C)C(=O)Cc2ccc([Si](C)(C)C)cc2)cc1. The number of carbonyl (C=O) groups is 3. The fraction of sp³-hybridized carbons (Fsp3) is 0.483. The third kappa shape index (κ3) is 10.5. The summed E-state index contributed by atoms with van der Waals surface area (Å²) in [5.74, 6) is -0.429. The number of aliphatic hydroxyl groups is 1. The number of hydrogen-bond donors (Lipinski definition) is 2. The average Bonchev–Trinajstić information content (AvgIpc) is 2.80. The zero-order valence-corrected chi connectivity index (χ0v) is 24.1. The number of methoxy groups -OCH3 is 1. The molecule has 0 heterocycles. The lowest BCUT2D eigenvalue weighted by molar-refractivity contribution is -0.155. The molecule has 0 radical (unpaired) electrons. The van der Waals surface area contributed by atoms with Crippen LogP contribution in [0.15, 0.2) is 48.5 Å². The lowest BCUT2D eigenvalue weighted by Gasteiger charge is -2.21. The summed E-state index contributed by atoms with van der Waals surface area (Å²) in [5, 5.41) is 14.4. The number of esters is 1. The predicted octanol–water partition coefficient (Wildman–Crippen LogP) is 4.08. The molecule has 2 atom stereocenters. The van der Waals surface area contributed by atoms with Gasteiger partial charge >= 0.3 is 5.97 Å². The van der Waals surface area contributed by atoms with E-state index >= 15 is 0 Å².